The molecule has 1 aliphatic heterocycles. The van der Waals surface area contributed by atoms with Crippen LogP contribution in [0, 0.1) is 20.8 Å². The molecule has 1 atom stereocenters. The molecule has 1 unspecified atom stereocenters. The molecule has 0 aromatic carbocycles. The number of aryl methyl sites for hydroxylation is 2. The Morgan fingerprint density at radius 1 is 1.30 bits per heavy atom. The second-order valence-corrected chi connectivity index (χ2v) is 4.98. The van der Waals surface area contributed by atoms with E-state index in [0.29, 0.717) is 23.5 Å². The normalized spacial score (nSPS) is 19.2. The number of furan rings is 1. The highest BCUT2D eigenvalue weighted by atomic mass is 16.3. The minimum Gasteiger partial charge on any atom is -0.466 e. The molecule has 1 saturated heterocycles. The van der Waals surface area contributed by atoms with Gasteiger partial charge < -0.3 is 9.32 Å². The van der Waals surface area contributed by atoms with Crippen LogP contribution in [0.3, 0.4) is 0 Å². The first-order chi connectivity index (χ1) is 9.36. The fourth-order valence-corrected chi connectivity index (χ4v) is 2.54. The van der Waals surface area contributed by atoms with Crippen LogP contribution in [0.25, 0.3) is 0 Å². The Kier molecular flexibility index (Phi) is 3.65. The fourth-order valence-electron chi connectivity index (χ4n) is 2.54. The average Bonchev–Trinajstić information content (AvgIpc) is 2.61. The molecule has 1 aromatic heterocycles. The zero-order valence-electron chi connectivity index (χ0n) is 12.1. The summed E-state index contributed by atoms with van der Waals surface area (Å²) in [6, 6.07) is -0.616. The monoisotopic (exact) mass is 278 g/mol. The second kappa shape index (κ2) is 5.11. The number of nitrogens with zero attached hydrogens (tertiary/aromatic N) is 1. The van der Waals surface area contributed by atoms with Gasteiger partial charge in [-0.15, -0.1) is 0 Å². The molecule has 0 aliphatic carbocycles. The van der Waals surface area contributed by atoms with Gasteiger partial charge in [-0.3, -0.25) is 19.7 Å². The molecule has 1 aliphatic rings. The smallest absolute Gasteiger partial charge is 0.258 e. The lowest BCUT2D eigenvalue weighted by molar-refractivity contribution is -0.138. The Bertz CT molecular complexity index is 588. The van der Waals surface area contributed by atoms with Crippen molar-refractivity contribution in [1.82, 2.24) is 10.2 Å². The standard InChI is InChI=1S/C14H18N2O4/c1-5-10-13(18)15-11(17)6-16(10)14(19)12-7(2)8(3)20-9(12)4/h10H,5-6H2,1-4H3,(H,15,17,18). The lowest BCUT2D eigenvalue weighted by Crippen LogP contribution is -2.59. The van der Waals surface area contributed by atoms with E-state index in [0.717, 1.165) is 5.56 Å². The van der Waals surface area contributed by atoms with Crippen molar-refractivity contribution in [3.8, 4) is 0 Å². The van der Waals surface area contributed by atoms with Crippen LogP contribution in [-0.2, 0) is 9.59 Å². The van der Waals surface area contributed by atoms with E-state index in [1.54, 1.807) is 27.7 Å². The Morgan fingerprint density at radius 2 is 1.95 bits per heavy atom. The SMILES string of the molecule is CCC1C(=O)NC(=O)CN1C(=O)c1c(C)oc(C)c1C. The maximum Gasteiger partial charge on any atom is 0.258 e. The molecular formula is C14H18N2O4. The number of amides is 3. The van der Waals surface area contributed by atoms with Crippen molar-refractivity contribution in [2.75, 3.05) is 6.54 Å². The third-order valence-corrected chi connectivity index (χ3v) is 3.68. The van der Waals surface area contributed by atoms with Crippen molar-refractivity contribution in [1.29, 1.82) is 0 Å². The van der Waals surface area contributed by atoms with Crippen LogP contribution in [0.4, 0.5) is 0 Å². The van der Waals surface area contributed by atoms with Crippen LogP contribution in [0.1, 0.15) is 40.8 Å². The Balaban J connectivity index is 2.40. The van der Waals surface area contributed by atoms with Crippen LogP contribution in [-0.4, -0.2) is 35.2 Å². The summed E-state index contributed by atoms with van der Waals surface area (Å²) >= 11 is 0. The van der Waals surface area contributed by atoms with Gasteiger partial charge in [0.05, 0.1) is 5.56 Å². The van der Waals surface area contributed by atoms with Crippen molar-refractivity contribution in [3.63, 3.8) is 0 Å². The van der Waals surface area contributed by atoms with Crippen molar-refractivity contribution in [2.24, 2.45) is 0 Å². The Labute approximate surface area is 117 Å². The van der Waals surface area contributed by atoms with Crippen molar-refractivity contribution < 1.29 is 18.8 Å². The van der Waals surface area contributed by atoms with E-state index in [4.69, 9.17) is 4.42 Å². The van der Waals surface area contributed by atoms with Gasteiger partial charge in [-0.25, -0.2) is 0 Å². The average molecular weight is 278 g/mol. The van der Waals surface area contributed by atoms with Gasteiger partial charge in [-0.1, -0.05) is 6.92 Å². The zero-order valence-corrected chi connectivity index (χ0v) is 12.1. The van der Waals surface area contributed by atoms with Gasteiger partial charge in [0.2, 0.25) is 11.8 Å². The van der Waals surface area contributed by atoms with Crippen LogP contribution in [0.5, 0.6) is 0 Å². The molecule has 1 N–H and O–H groups in total. The lowest BCUT2D eigenvalue weighted by atomic mass is 10.0. The number of carbonyl (C=O) groups is 3. The summed E-state index contributed by atoms with van der Waals surface area (Å²) in [5.41, 5.74) is 1.20. The number of carbonyl (C=O) groups excluding carboxylic acids is 3. The number of imide groups is 1. The third-order valence-electron chi connectivity index (χ3n) is 3.68. The van der Waals surface area contributed by atoms with Crippen LogP contribution in [0.15, 0.2) is 4.42 Å². The van der Waals surface area contributed by atoms with E-state index in [1.807, 2.05) is 0 Å². The maximum absolute atomic E-state index is 12.6. The van der Waals surface area contributed by atoms with Crippen molar-refractivity contribution in [2.45, 2.75) is 40.2 Å². The highest BCUT2D eigenvalue weighted by Gasteiger charge is 2.37. The number of nitrogens with one attached hydrogen (secondary N) is 1. The molecule has 0 bridgehead atoms. The van der Waals surface area contributed by atoms with Gasteiger partial charge in [0.1, 0.15) is 24.1 Å². The maximum atomic E-state index is 12.6. The lowest BCUT2D eigenvalue weighted by Gasteiger charge is -2.33. The molecule has 108 valence electrons. The summed E-state index contributed by atoms with van der Waals surface area (Å²) in [7, 11) is 0. The molecule has 3 amide bonds. The first-order valence-electron chi connectivity index (χ1n) is 6.58. The summed E-state index contributed by atoms with van der Waals surface area (Å²) < 4.78 is 5.45. The largest absolute Gasteiger partial charge is 0.466 e. The third kappa shape index (κ3) is 2.21. The zero-order chi connectivity index (χ0) is 15.0. The van der Waals surface area contributed by atoms with Gasteiger partial charge >= 0.3 is 0 Å². The summed E-state index contributed by atoms with van der Waals surface area (Å²) in [5.74, 6) is -0.0203. The van der Waals surface area contributed by atoms with E-state index in [-0.39, 0.29) is 12.5 Å². The number of hydrogen-bond donors (Lipinski definition) is 1. The predicted molar refractivity (Wildman–Crippen MR) is 71.2 cm³/mol. The molecule has 1 aromatic rings. The Hall–Kier alpha value is -2.11. The van der Waals surface area contributed by atoms with E-state index >= 15 is 0 Å². The summed E-state index contributed by atoms with van der Waals surface area (Å²) in [6.07, 6.45) is 0.458. The van der Waals surface area contributed by atoms with Gasteiger partial charge in [0, 0.05) is 5.56 Å². The first kappa shape index (κ1) is 14.3. The van der Waals surface area contributed by atoms with Crippen LogP contribution < -0.4 is 5.32 Å². The molecule has 2 heterocycles. The minimum absolute atomic E-state index is 0.105. The molecular weight excluding hydrogens is 260 g/mol. The van der Waals surface area contributed by atoms with E-state index in [1.165, 1.54) is 4.90 Å². The number of rotatable bonds is 2. The molecule has 0 radical (unpaired) electrons. The molecule has 0 spiro atoms. The predicted octanol–water partition coefficient (Wildman–Crippen LogP) is 1.08. The molecule has 6 heteroatoms. The van der Waals surface area contributed by atoms with Crippen molar-refractivity contribution in [3.05, 3.63) is 22.6 Å². The van der Waals surface area contributed by atoms with Crippen molar-refractivity contribution >= 4 is 17.7 Å². The molecule has 6 nitrogen and oxygen atoms in total. The van der Waals surface area contributed by atoms with E-state index < -0.39 is 17.9 Å². The topological polar surface area (TPSA) is 79.6 Å². The highest BCUT2D eigenvalue weighted by Crippen LogP contribution is 2.24. The van der Waals surface area contributed by atoms with Gasteiger partial charge in [0.15, 0.2) is 0 Å². The molecule has 20 heavy (non-hydrogen) atoms. The Morgan fingerprint density at radius 3 is 2.45 bits per heavy atom. The van der Waals surface area contributed by atoms with Crippen LogP contribution in [0.2, 0.25) is 0 Å². The van der Waals surface area contributed by atoms with Gasteiger partial charge in [-0.05, 0) is 27.2 Å². The van der Waals surface area contributed by atoms with Gasteiger partial charge in [0.25, 0.3) is 5.91 Å². The number of hydrogen-bond acceptors (Lipinski definition) is 4. The number of piperazine rings is 1. The van der Waals surface area contributed by atoms with E-state index in [2.05, 4.69) is 5.32 Å². The quantitative estimate of drug-likeness (QED) is 0.821. The van der Waals surface area contributed by atoms with Gasteiger partial charge in [-0.2, -0.15) is 0 Å². The summed E-state index contributed by atoms with van der Waals surface area (Å²) in [6.45, 7) is 6.99. The minimum atomic E-state index is -0.616. The molecule has 0 saturated carbocycles. The van der Waals surface area contributed by atoms with Crippen LogP contribution >= 0.6 is 0 Å². The fraction of sp³-hybridized carbons (Fsp3) is 0.500. The molecule has 2 rings (SSSR count). The summed E-state index contributed by atoms with van der Waals surface area (Å²) in [5, 5.41) is 2.26. The molecule has 1 fully saturated rings. The van der Waals surface area contributed by atoms with E-state index in [9.17, 15) is 14.4 Å². The highest BCUT2D eigenvalue weighted by molar-refractivity contribution is 6.07. The second-order valence-electron chi connectivity index (χ2n) is 4.98. The first-order valence-corrected chi connectivity index (χ1v) is 6.58. The summed E-state index contributed by atoms with van der Waals surface area (Å²) in [4.78, 5) is 37.3.